The monoisotopic (exact) mass is 224 g/mol. The van der Waals surface area contributed by atoms with Crippen molar-refractivity contribution in [2.24, 2.45) is 0 Å². The van der Waals surface area contributed by atoms with Crippen LogP contribution in [0.15, 0.2) is 24.3 Å². The zero-order valence-electron chi connectivity index (χ0n) is 9.47. The summed E-state index contributed by atoms with van der Waals surface area (Å²) in [5, 5.41) is 9.08. The van der Waals surface area contributed by atoms with E-state index in [1.54, 1.807) is 26.0 Å². The van der Waals surface area contributed by atoms with Crippen molar-refractivity contribution in [3.8, 4) is 11.5 Å². The van der Waals surface area contributed by atoms with Gasteiger partial charge in [-0.05, 0) is 38.1 Å². The van der Waals surface area contributed by atoms with Crippen LogP contribution in [-0.4, -0.2) is 23.8 Å². The summed E-state index contributed by atoms with van der Waals surface area (Å²) in [5.74, 6) is 0.536. The van der Waals surface area contributed by atoms with E-state index in [-0.39, 0.29) is 24.2 Å². The highest BCUT2D eigenvalue weighted by molar-refractivity contribution is 5.69. The lowest BCUT2D eigenvalue weighted by Crippen LogP contribution is -2.18. The highest BCUT2D eigenvalue weighted by atomic mass is 16.5. The van der Waals surface area contributed by atoms with Crippen LogP contribution in [0, 0.1) is 0 Å². The molecule has 0 aliphatic heterocycles. The molecule has 1 atom stereocenters. The van der Waals surface area contributed by atoms with Crippen molar-refractivity contribution in [2.45, 2.75) is 26.4 Å². The Morgan fingerprint density at radius 1 is 1.38 bits per heavy atom. The first-order valence-electron chi connectivity index (χ1n) is 5.23. The van der Waals surface area contributed by atoms with E-state index >= 15 is 0 Å². The third kappa shape index (κ3) is 4.21. The van der Waals surface area contributed by atoms with Gasteiger partial charge < -0.3 is 14.6 Å². The number of phenolic OH excluding ortho intramolecular Hbond substituents is 1. The van der Waals surface area contributed by atoms with Gasteiger partial charge in [-0.15, -0.1) is 0 Å². The normalized spacial score (nSPS) is 11.9. The van der Waals surface area contributed by atoms with Crippen LogP contribution in [-0.2, 0) is 9.53 Å². The molecule has 0 aliphatic rings. The van der Waals surface area contributed by atoms with Gasteiger partial charge in [0.15, 0.2) is 0 Å². The third-order valence-electron chi connectivity index (χ3n) is 1.93. The lowest BCUT2D eigenvalue weighted by molar-refractivity contribution is -0.144. The maximum Gasteiger partial charge on any atom is 0.309 e. The van der Waals surface area contributed by atoms with E-state index < -0.39 is 0 Å². The molecule has 88 valence electrons. The van der Waals surface area contributed by atoms with Crippen LogP contribution in [0.25, 0.3) is 0 Å². The first kappa shape index (κ1) is 12.4. The molecule has 0 saturated heterocycles. The largest absolute Gasteiger partial charge is 0.508 e. The minimum absolute atomic E-state index is 0.186. The molecular formula is C12H16O4. The molecule has 0 fully saturated rings. The first-order chi connectivity index (χ1) is 7.61. The number of carbonyl (C=O) groups excluding carboxylic acids is 1. The number of phenols is 1. The number of hydrogen-bond acceptors (Lipinski definition) is 4. The second-order valence-corrected chi connectivity index (χ2v) is 3.43. The van der Waals surface area contributed by atoms with Gasteiger partial charge in [0.1, 0.15) is 17.6 Å². The summed E-state index contributed by atoms with van der Waals surface area (Å²) in [6, 6.07) is 6.37. The van der Waals surface area contributed by atoms with E-state index in [9.17, 15) is 4.79 Å². The molecule has 1 aromatic carbocycles. The van der Waals surface area contributed by atoms with Gasteiger partial charge in [-0.2, -0.15) is 0 Å². The predicted octanol–water partition coefficient (Wildman–Crippen LogP) is 2.11. The number of benzene rings is 1. The van der Waals surface area contributed by atoms with Crippen LogP contribution in [0.4, 0.5) is 0 Å². The van der Waals surface area contributed by atoms with Crippen molar-refractivity contribution in [3.63, 3.8) is 0 Å². The Kier molecular flexibility index (Phi) is 4.64. The summed E-state index contributed by atoms with van der Waals surface area (Å²) in [5.41, 5.74) is 0. The highest BCUT2D eigenvalue weighted by Crippen LogP contribution is 2.17. The standard InChI is InChI=1S/C12H16O4/c1-3-15-12(14)8-9(2)16-11-6-4-10(13)5-7-11/h4-7,9,13H,3,8H2,1-2H3. The molecule has 4 heteroatoms. The second-order valence-electron chi connectivity index (χ2n) is 3.43. The van der Waals surface area contributed by atoms with Crippen molar-refractivity contribution in [1.29, 1.82) is 0 Å². The lowest BCUT2D eigenvalue weighted by atomic mass is 10.2. The Morgan fingerprint density at radius 3 is 2.56 bits per heavy atom. The zero-order valence-corrected chi connectivity index (χ0v) is 9.47. The molecule has 0 bridgehead atoms. The topological polar surface area (TPSA) is 55.8 Å². The van der Waals surface area contributed by atoms with Gasteiger partial charge in [0.05, 0.1) is 13.0 Å². The minimum Gasteiger partial charge on any atom is -0.508 e. The highest BCUT2D eigenvalue weighted by Gasteiger charge is 2.11. The van der Waals surface area contributed by atoms with Gasteiger partial charge in [-0.3, -0.25) is 4.79 Å². The van der Waals surface area contributed by atoms with Gasteiger partial charge in [-0.25, -0.2) is 0 Å². The van der Waals surface area contributed by atoms with Gasteiger partial charge in [-0.1, -0.05) is 0 Å². The van der Waals surface area contributed by atoms with E-state index in [1.165, 1.54) is 12.1 Å². The number of hydrogen-bond donors (Lipinski definition) is 1. The molecule has 4 nitrogen and oxygen atoms in total. The van der Waals surface area contributed by atoms with Crippen LogP contribution in [0.2, 0.25) is 0 Å². The summed E-state index contributed by atoms with van der Waals surface area (Å²) in [6.07, 6.45) is -0.0297. The smallest absolute Gasteiger partial charge is 0.309 e. The Bertz CT molecular complexity index is 331. The summed E-state index contributed by atoms with van der Waals surface area (Å²) >= 11 is 0. The fourth-order valence-electron chi connectivity index (χ4n) is 1.25. The van der Waals surface area contributed by atoms with Crippen LogP contribution in [0.5, 0.6) is 11.5 Å². The molecule has 0 amide bonds. The molecule has 1 unspecified atom stereocenters. The second kappa shape index (κ2) is 6.00. The summed E-state index contributed by atoms with van der Waals surface area (Å²) < 4.78 is 10.3. The lowest BCUT2D eigenvalue weighted by Gasteiger charge is -2.13. The van der Waals surface area contributed by atoms with Crippen LogP contribution in [0.1, 0.15) is 20.3 Å². The third-order valence-corrected chi connectivity index (χ3v) is 1.93. The van der Waals surface area contributed by atoms with Crippen molar-refractivity contribution in [1.82, 2.24) is 0 Å². The van der Waals surface area contributed by atoms with E-state index in [0.29, 0.717) is 12.4 Å². The number of ether oxygens (including phenoxy) is 2. The number of rotatable bonds is 5. The Morgan fingerprint density at radius 2 is 2.00 bits per heavy atom. The molecule has 0 radical (unpaired) electrons. The number of aromatic hydroxyl groups is 1. The Balaban J connectivity index is 2.42. The average molecular weight is 224 g/mol. The molecule has 1 rings (SSSR count). The van der Waals surface area contributed by atoms with Crippen LogP contribution >= 0.6 is 0 Å². The average Bonchev–Trinajstić information content (AvgIpc) is 2.21. The predicted molar refractivity (Wildman–Crippen MR) is 59.4 cm³/mol. The van der Waals surface area contributed by atoms with E-state index in [1.807, 2.05) is 0 Å². The number of carbonyl (C=O) groups is 1. The maximum absolute atomic E-state index is 11.2. The SMILES string of the molecule is CCOC(=O)CC(C)Oc1ccc(O)cc1. The molecule has 0 aromatic heterocycles. The van der Waals surface area contributed by atoms with Crippen molar-refractivity contribution >= 4 is 5.97 Å². The van der Waals surface area contributed by atoms with Crippen LogP contribution in [0.3, 0.4) is 0 Å². The van der Waals surface area contributed by atoms with E-state index in [2.05, 4.69) is 0 Å². The van der Waals surface area contributed by atoms with Crippen molar-refractivity contribution < 1.29 is 19.4 Å². The summed E-state index contributed by atoms with van der Waals surface area (Å²) in [4.78, 5) is 11.2. The van der Waals surface area contributed by atoms with Gasteiger partial charge >= 0.3 is 5.97 Å². The summed E-state index contributed by atoms with van der Waals surface area (Å²) in [6.45, 7) is 3.94. The van der Waals surface area contributed by atoms with E-state index in [0.717, 1.165) is 0 Å². The zero-order chi connectivity index (χ0) is 12.0. The fraction of sp³-hybridized carbons (Fsp3) is 0.417. The number of esters is 1. The molecule has 0 saturated carbocycles. The first-order valence-corrected chi connectivity index (χ1v) is 5.23. The summed E-state index contributed by atoms with van der Waals surface area (Å²) in [7, 11) is 0. The molecule has 0 heterocycles. The quantitative estimate of drug-likeness (QED) is 0.778. The molecule has 1 aromatic rings. The minimum atomic E-state index is -0.270. The molecule has 1 N–H and O–H groups in total. The Hall–Kier alpha value is -1.71. The van der Waals surface area contributed by atoms with Gasteiger partial charge in [0.2, 0.25) is 0 Å². The maximum atomic E-state index is 11.2. The Labute approximate surface area is 94.8 Å². The van der Waals surface area contributed by atoms with Crippen molar-refractivity contribution in [2.75, 3.05) is 6.61 Å². The molecule has 0 spiro atoms. The molecule has 0 aliphatic carbocycles. The molecule has 16 heavy (non-hydrogen) atoms. The van der Waals surface area contributed by atoms with Gasteiger partial charge in [0.25, 0.3) is 0 Å². The van der Waals surface area contributed by atoms with E-state index in [4.69, 9.17) is 14.6 Å². The van der Waals surface area contributed by atoms with Gasteiger partial charge in [0, 0.05) is 0 Å². The molecular weight excluding hydrogens is 208 g/mol. The van der Waals surface area contributed by atoms with Crippen molar-refractivity contribution in [3.05, 3.63) is 24.3 Å². The fourth-order valence-corrected chi connectivity index (χ4v) is 1.25. The van der Waals surface area contributed by atoms with Crippen LogP contribution < -0.4 is 4.74 Å².